The number of alkyl halides is 3. The SMILES string of the molecule is CN(C)C(=O)C1CC(N)CC(Nc2ncnc3sc(CC(F)(F)F)cc23)C1. The summed E-state index contributed by atoms with van der Waals surface area (Å²) >= 11 is 1.01. The number of thiophene rings is 1. The van der Waals surface area contributed by atoms with Gasteiger partial charge in [0.1, 0.15) is 17.0 Å². The first-order valence-corrected chi connectivity index (χ1v) is 9.47. The van der Waals surface area contributed by atoms with Crippen molar-refractivity contribution < 1.29 is 18.0 Å². The topological polar surface area (TPSA) is 84.1 Å². The summed E-state index contributed by atoms with van der Waals surface area (Å²) in [6.45, 7) is 0. The second-order valence-corrected chi connectivity index (χ2v) is 8.30. The van der Waals surface area contributed by atoms with Crippen LogP contribution in [-0.4, -0.2) is 53.1 Å². The molecule has 1 amide bonds. The van der Waals surface area contributed by atoms with Gasteiger partial charge >= 0.3 is 6.18 Å². The summed E-state index contributed by atoms with van der Waals surface area (Å²) in [7, 11) is 3.43. The van der Waals surface area contributed by atoms with Crippen LogP contribution in [0, 0.1) is 5.92 Å². The van der Waals surface area contributed by atoms with Crippen molar-refractivity contribution in [1.82, 2.24) is 14.9 Å². The summed E-state index contributed by atoms with van der Waals surface area (Å²) in [5.41, 5.74) is 6.13. The fourth-order valence-electron chi connectivity index (χ4n) is 3.55. The Morgan fingerprint density at radius 2 is 2.07 bits per heavy atom. The molecule has 27 heavy (non-hydrogen) atoms. The zero-order valence-corrected chi connectivity index (χ0v) is 15.9. The van der Waals surface area contributed by atoms with E-state index < -0.39 is 12.6 Å². The highest BCUT2D eigenvalue weighted by Gasteiger charge is 2.33. The highest BCUT2D eigenvalue weighted by molar-refractivity contribution is 7.18. The number of nitrogens with one attached hydrogen (secondary N) is 1. The summed E-state index contributed by atoms with van der Waals surface area (Å²) in [6.07, 6.45) is -2.01. The van der Waals surface area contributed by atoms with E-state index in [4.69, 9.17) is 5.73 Å². The van der Waals surface area contributed by atoms with Gasteiger partial charge in [-0.3, -0.25) is 4.79 Å². The fourth-order valence-corrected chi connectivity index (χ4v) is 4.57. The molecule has 148 valence electrons. The van der Waals surface area contributed by atoms with Gasteiger partial charge in [-0.15, -0.1) is 11.3 Å². The van der Waals surface area contributed by atoms with Crippen molar-refractivity contribution in [2.24, 2.45) is 11.7 Å². The molecule has 3 atom stereocenters. The summed E-state index contributed by atoms with van der Waals surface area (Å²) in [6, 6.07) is 1.29. The lowest BCUT2D eigenvalue weighted by Gasteiger charge is -2.34. The smallest absolute Gasteiger partial charge is 0.367 e. The Hall–Kier alpha value is -1.94. The molecule has 3 rings (SSSR count). The predicted molar refractivity (Wildman–Crippen MR) is 98.6 cm³/mol. The van der Waals surface area contributed by atoms with Crippen LogP contribution in [0.25, 0.3) is 10.2 Å². The highest BCUT2D eigenvalue weighted by Crippen LogP contribution is 2.34. The van der Waals surface area contributed by atoms with Crippen molar-refractivity contribution in [3.8, 4) is 0 Å². The summed E-state index contributed by atoms with van der Waals surface area (Å²) in [4.78, 5) is 22.9. The number of anilines is 1. The lowest BCUT2D eigenvalue weighted by Crippen LogP contribution is -2.44. The quantitative estimate of drug-likeness (QED) is 0.823. The van der Waals surface area contributed by atoms with Crippen molar-refractivity contribution in [3.05, 3.63) is 17.3 Å². The molecule has 0 spiro atoms. The molecular formula is C17H22F3N5OS. The molecule has 0 bridgehead atoms. The van der Waals surface area contributed by atoms with Gasteiger partial charge in [0, 0.05) is 37.0 Å². The number of nitrogens with zero attached hydrogens (tertiary/aromatic N) is 3. The molecule has 0 radical (unpaired) electrons. The number of carbonyl (C=O) groups is 1. The van der Waals surface area contributed by atoms with Crippen LogP contribution in [0.1, 0.15) is 24.1 Å². The van der Waals surface area contributed by atoms with E-state index in [0.29, 0.717) is 35.3 Å². The molecule has 2 aromatic heterocycles. The maximum Gasteiger partial charge on any atom is 0.393 e. The van der Waals surface area contributed by atoms with E-state index in [9.17, 15) is 18.0 Å². The molecule has 0 aliphatic heterocycles. The van der Waals surface area contributed by atoms with E-state index >= 15 is 0 Å². The molecule has 3 N–H and O–H groups in total. The monoisotopic (exact) mass is 401 g/mol. The Morgan fingerprint density at radius 3 is 2.74 bits per heavy atom. The Kier molecular flexibility index (Phi) is 5.57. The normalized spacial score (nSPS) is 23.4. The van der Waals surface area contributed by atoms with E-state index in [-0.39, 0.29) is 28.8 Å². The van der Waals surface area contributed by atoms with Crippen LogP contribution in [0.4, 0.5) is 19.0 Å². The van der Waals surface area contributed by atoms with E-state index in [2.05, 4.69) is 15.3 Å². The van der Waals surface area contributed by atoms with E-state index in [1.165, 1.54) is 12.4 Å². The van der Waals surface area contributed by atoms with Crippen LogP contribution in [0.2, 0.25) is 0 Å². The van der Waals surface area contributed by atoms with Crippen molar-refractivity contribution in [2.75, 3.05) is 19.4 Å². The van der Waals surface area contributed by atoms with Gasteiger partial charge in [-0.25, -0.2) is 9.97 Å². The van der Waals surface area contributed by atoms with Crippen LogP contribution in [0.3, 0.4) is 0 Å². The molecule has 10 heteroatoms. The number of rotatable bonds is 4. The summed E-state index contributed by atoms with van der Waals surface area (Å²) < 4.78 is 38.0. The summed E-state index contributed by atoms with van der Waals surface area (Å²) in [5, 5.41) is 3.84. The van der Waals surface area contributed by atoms with Crippen LogP contribution in [0.15, 0.2) is 12.4 Å². The Morgan fingerprint density at radius 1 is 1.33 bits per heavy atom. The molecule has 1 aliphatic rings. The van der Waals surface area contributed by atoms with E-state index in [0.717, 1.165) is 11.3 Å². The van der Waals surface area contributed by atoms with Gasteiger partial charge in [-0.05, 0) is 25.3 Å². The molecule has 0 saturated heterocycles. The molecule has 1 aliphatic carbocycles. The van der Waals surface area contributed by atoms with Crippen LogP contribution in [0.5, 0.6) is 0 Å². The van der Waals surface area contributed by atoms with Gasteiger partial charge in [0.2, 0.25) is 5.91 Å². The first kappa shape index (κ1) is 19.8. The van der Waals surface area contributed by atoms with E-state index in [1.807, 2.05) is 0 Å². The number of halogens is 3. The minimum absolute atomic E-state index is 0.0350. The van der Waals surface area contributed by atoms with Crippen LogP contribution in [-0.2, 0) is 11.2 Å². The number of aromatic nitrogens is 2. The fraction of sp³-hybridized carbons (Fsp3) is 0.588. The standard InChI is InChI=1S/C17H22F3N5OS/c1-25(2)16(26)9-3-10(21)5-11(4-9)24-14-13-6-12(7-17(18,19)20)27-15(13)23-8-22-14/h6,8-11H,3-5,7,21H2,1-2H3,(H,22,23,24). The van der Waals surface area contributed by atoms with Crippen LogP contribution >= 0.6 is 11.3 Å². The Balaban J connectivity index is 1.80. The molecule has 2 heterocycles. The first-order chi connectivity index (χ1) is 12.6. The van der Waals surface area contributed by atoms with Crippen molar-refractivity contribution in [1.29, 1.82) is 0 Å². The lowest BCUT2D eigenvalue weighted by molar-refractivity contribution is -0.134. The third kappa shape index (κ3) is 4.86. The number of amides is 1. The number of hydrogen-bond acceptors (Lipinski definition) is 6. The molecular weight excluding hydrogens is 379 g/mol. The summed E-state index contributed by atoms with van der Waals surface area (Å²) in [5.74, 6) is 0.342. The van der Waals surface area contributed by atoms with Gasteiger partial charge in [0.25, 0.3) is 0 Å². The maximum absolute atomic E-state index is 12.7. The van der Waals surface area contributed by atoms with Gasteiger partial charge in [0.15, 0.2) is 0 Å². The van der Waals surface area contributed by atoms with Crippen molar-refractivity contribution in [2.45, 2.75) is 43.9 Å². The van der Waals surface area contributed by atoms with Gasteiger partial charge in [0.05, 0.1) is 11.8 Å². The zero-order chi connectivity index (χ0) is 19.8. The van der Waals surface area contributed by atoms with Crippen molar-refractivity contribution in [3.63, 3.8) is 0 Å². The van der Waals surface area contributed by atoms with Gasteiger partial charge in [-0.1, -0.05) is 0 Å². The third-order valence-corrected chi connectivity index (χ3v) is 5.67. The highest BCUT2D eigenvalue weighted by atomic mass is 32.1. The number of fused-ring (bicyclic) bond motifs is 1. The average Bonchev–Trinajstić information content (AvgIpc) is 2.94. The van der Waals surface area contributed by atoms with Crippen LogP contribution < -0.4 is 11.1 Å². The Labute approximate surface area is 159 Å². The molecule has 1 saturated carbocycles. The minimum atomic E-state index is -4.27. The zero-order valence-electron chi connectivity index (χ0n) is 15.1. The molecule has 3 unspecified atom stereocenters. The number of carbonyl (C=O) groups excluding carboxylic acids is 1. The predicted octanol–water partition coefficient (Wildman–Crippen LogP) is 2.79. The molecule has 6 nitrogen and oxygen atoms in total. The first-order valence-electron chi connectivity index (χ1n) is 8.66. The van der Waals surface area contributed by atoms with E-state index in [1.54, 1.807) is 19.0 Å². The number of nitrogens with two attached hydrogens (primary N) is 1. The molecule has 1 fully saturated rings. The second-order valence-electron chi connectivity index (χ2n) is 7.18. The maximum atomic E-state index is 12.7. The van der Waals surface area contributed by atoms with Crippen molar-refractivity contribution >= 4 is 33.3 Å². The van der Waals surface area contributed by atoms with Gasteiger partial charge in [-0.2, -0.15) is 13.2 Å². The average molecular weight is 401 g/mol. The minimum Gasteiger partial charge on any atom is -0.367 e. The third-order valence-electron chi connectivity index (χ3n) is 4.63. The molecule has 0 aromatic carbocycles. The lowest BCUT2D eigenvalue weighted by atomic mass is 9.82. The second kappa shape index (κ2) is 7.59. The molecule has 2 aromatic rings. The largest absolute Gasteiger partial charge is 0.393 e. The Bertz CT molecular complexity index is 822. The number of hydrogen-bond donors (Lipinski definition) is 2. The van der Waals surface area contributed by atoms with Gasteiger partial charge < -0.3 is 16.0 Å².